The fourth-order valence-corrected chi connectivity index (χ4v) is 2.53. The van der Waals surface area contributed by atoms with Crippen molar-refractivity contribution in [1.29, 1.82) is 5.26 Å². The lowest BCUT2D eigenvalue weighted by atomic mass is 10.1. The van der Waals surface area contributed by atoms with Crippen LogP contribution in [0.3, 0.4) is 0 Å². The van der Waals surface area contributed by atoms with Gasteiger partial charge in [0.05, 0.1) is 17.3 Å². The third-order valence-corrected chi connectivity index (χ3v) is 3.92. The Morgan fingerprint density at radius 3 is 2.33 bits per heavy atom. The Kier molecular flexibility index (Phi) is 5.80. The molecule has 3 rings (SSSR count). The second-order valence-corrected chi connectivity index (χ2v) is 5.88. The van der Waals surface area contributed by atoms with Gasteiger partial charge < -0.3 is 9.47 Å². The minimum Gasteiger partial charge on any atom is -0.479 e. The Morgan fingerprint density at radius 2 is 1.70 bits per heavy atom. The zero-order valence-corrected chi connectivity index (χ0v) is 14.8. The molecule has 0 fully saturated rings. The van der Waals surface area contributed by atoms with E-state index in [2.05, 4.69) is 4.98 Å². The Labute approximate surface area is 157 Å². The molecule has 0 aliphatic carbocycles. The smallest absolute Gasteiger partial charge is 0.348 e. The molecule has 0 saturated heterocycles. The molecule has 2 unspecified atom stereocenters. The maximum absolute atomic E-state index is 12.6. The van der Waals surface area contributed by atoms with E-state index in [0.29, 0.717) is 17.0 Å². The molecule has 0 N–H and O–H groups in total. The highest BCUT2D eigenvalue weighted by atomic mass is 16.6. The number of carbonyl (C=O) groups excluding carboxylic acids is 1. The van der Waals surface area contributed by atoms with Crippen molar-refractivity contribution in [3.05, 3.63) is 95.8 Å². The average Bonchev–Trinajstić information content (AvgIpc) is 2.73. The number of rotatable bonds is 6. The van der Waals surface area contributed by atoms with Crippen molar-refractivity contribution in [2.75, 3.05) is 0 Å². The molecule has 0 bridgehead atoms. The summed E-state index contributed by atoms with van der Waals surface area (Å²) in [6.07, 6.45) is 0.232. The number of hydrogen-bond acceptors (Lipinski definition) is 5. The standard InChI is InChI=1S/C22H18N2O3/c1-16(26-19-12-10-17(15-23)11-13-19)22(25)27-21(18-7-3-2-4-8-18)20-9-5-6-14-24-20/h2-14,16,21H,1H3. The Morgan fingerprint density at radius 1 is 1.00 bits per heavy atom. The summed E-state index contributed by atoms with van der Waals surface area (Å²) in [5.41, 5.74) is 2.00. The van der Waals surface area contributed by atoms with Crippen LogP contribution in [0.1, 0.15) is 29.8 Å². The van der Waals surface area contributed by atoms with Crippen LogP contribution in [0, 0.1) is 11.3 Å². The maximum Gasteiger partial charge on any atom is 0.348 e. The van der Waals surface area contributed by atoms with E-state index in [1.807, 2.05) is 54.6 Å². The van der Waals surface area contributed by atoms with Crippen molar-refractivity contribution in [2.45, 2.75) is 19.1 Å². The van der Waals surface area contributed by atoms with Crippen LogP contribution in [0.2, 0.25) is 0 Å². The van der Waals surface area contributed by atoms with Crippen molar-refractivity contribution >= 4 is 5.97 Å². The molecule has 0 spiro atoms. The lowest BCUT2D eigenvalue weighted by Gasteiger charge is -2.21. The van der Waals surface area contributed by atoms with Gasteiger partial charge in [0.1, 0.15) is 5.75 Å². The number of hydrogen-bond donors (Lipinski definition) is 0. The number of nitriles is 1. The van der Waals surface area contributed by atoms with Gasteiger partial charge in [-0.2, -0.15) is 5.26 Å². The summed E-state index contributed by atoms with van der Waals surface area (Å²) in [7, 11) is 0. The van der Waals surface area contributed by atoms with E-state index in [1.165, 1.54) is 0 Å². The molecule has 5 nitrogen and oxygen atoms in total. The zero-order valence-electron chi connectivity index (χ0n) is 14.8. The summed E-state index contributed by atoms with van der Waals surface area (Å²) in [6.45, 7) is 1.63. The van der Waals surface area contributed by atoms with Crippen LogP contribution in [0.25, 0.3) is 0 Å². The van der Waals surface area contributed by atoms with E-state index in [1.54, 1.807) is 37.4 Å². The van der Waals surface area contributed by atoms with Crippen LogP contribution < -0.4 is 4.74 Å². The van der Waals surface area contributed by atoms with Gasteiger partial charge in [-0.05, 0) is 48.9 Å². The summed E-state index contributed by atoms with van der Waals surface area (Å²) in [4.78, 5) is 16.9. The van der Waals surface area contributed by atoms with E-state index in [-0.39, 0.29) is 0 Å². The lowest BCUT2D eigenvalue weighted by Crippen LogP contribution is -2.28. The molecule has 0 aliphatic heterocycles. The quantitative estimate of drug-likeness (QED) is 0.622. The predicted octanol–water partition coefficient (Wildman–Crippen LogP) is 4.05. The molecule has 3 aromatic rings. The number of ether oxygens (including phenoxy) is 2. The van der Waals surface area contributed by atoms with Gasteiger partial charge in [-0.3, -0.25) is 4.98 Å². The molecule has 5 heteroatoms. The summed E-state index contributed by atoms with van der Waals surface area (Å²) in [5.74, 6) is -0.00795. The van der Waals surface area contributed by atoms with Gasteiger partial charge in [0, 0.05) is 6.20 Å². The van der Waals surface area contributed by atoms with Crippen molar-refractivity contribution in [3.63, 3.8) is 0 Å². The molecule has 1 aromatic heterocycles. The lowest BCUT2D eigenvalue weighted by molar-refractivity contribution is -0.155. The highest BCUT2D eigenvalue weighted by Crippen LogP contribution is 2.25. The van der Waals surface area contributed by atoms with Crippen LogP contribution in [-0.4, -0.2) is 17.1 Å². The monoisotopic (exact) mass is 358 g/mol. The number of esters is 1. The Hall–Kier alpha value is -3.65. The molecule has 27 heavy (non-hydrogen) atoms. The first kappa shape index (κ1) is 18.2. The largest absolute Gasteiger partial charge is 0.479 e. The third kappa shape index (κ3) is 4.71. The molecular weight excluding hydrogens is 340 g/mol. The minimum atomic E-state index is -0.812. The van der Waals surface area contributed by atoms with Gasteiger partial charge >= 0.3 is 5.97 Å². The highest BCUT2D eigenvalue weighted by Gasteiger charge is 2.24. The summed E-state index contributed by atoms with van der Waals surface area (Å²) in [5, 5.41) is 8.84. The first-order valence-corrected chi connectivity index (χ1v) is 8.50. The van der Waals surface area contributed by atoms with E-state index in [0.717, 1.165) is 5.56 Å². The topological polar surface area (TPSA) is 72.2 Å². The number of aromatic nitrogens is 1. The summed E-state index contributed by atoms with van der Waals surface area (Å²) >= 11 is 0. The average molecular weight is 358 g/mol. The molecule has 1 heterocycles. The molecule has 2 atom stereocenters. The SMILES string of the molecule is CC(Oc1ccc(C#N)cc1)C(=O)OC(c1ccccc1)c1ccccn1. The normalized spacial score (nSPS) is 12.4. The zero-order chi connectivity index (χ0) is 19.1. The van der Waals surface area contributed by atoms with Crippen LogP contribution in [0.15, 0.2) is 79.0 Å². The highest BCUT2D eigenvalue weighted by molar-refractivity contribution is 5.75. The predicted molar refractivity (Wildman–Crippen MR) is 99.9 cm³/mol. The fraction of sp³-hybridized carbons (Fsp3) is 0.136. The number of nitrogens with zero attached hydrogens (tertiary/aromatic N) is 2. The van der Waals surface area contributed by atoms with Crippen molar-refractivity contribution in [3.8, 4) is 11.8 Å². The van der Waals surface area contributed by atoms with Gasteiger partial charge in [0.2, 0.25) is 0 Å². The van der Waals surface area contributed by atoms with Gasteiger partial charge in [-0.15, -0.1) is 0 Å². The van der Waals surface area contributed by atoms with Gasteiger partial charge in [0.25, 0.3) is 0 Å². The molecular formula is C22H18N2O3. The maximum atomic E-state index is 12.6. The minimum absolute atomic E-state index is 0.493. The second-order valence-electron chi connectivity index (χ2n) is 5.88. The summed E-state index contributed by atoms with van der Waals surface area (Å²) < 4.78 is 11.4. The van der Waals surface area contributed by atoms with E-state index < -0.39 is 18.2 Å². The molecule has 2 aromatic carbocycles. The number of carbonyl (C=O) groups is 1. The molecule has 0 radical (unpaired) electrons. The first-order valence-electron chi connectivity index (χ1n) is 8.50. The number of benzene rings is 2. The van der Waals surface area contributed by atoms with Crippen molar-refractivity contribution in [2.24, 2.45) is 0 Å². The first-order chi connectivity index (χ1) is 13.2. The van der Waals surface area contributed by atoms with Gasteiger partial charge in [-0.25, -0.2) is 4.79 Å². The van der Waals surface area contributed by atoms with Crippen LogP contribution in [0.4, 0.5) is 0 Å². The second kappa shape index (κ2) is 8.63. The Balaban J connectivity index is 1.74. The number of pyridine rings is 1. The Bertz CT molecular complexity index is 880. The van der Waals surface area contributed by atoms with E-state index in [9.17, 15) is 4.79 Å². The van der Waals surface area contributed by atoms with E-state index in [4.69, 9.17) is 14.7 Å². The van der Waals surface area contributed by atoms with Gasteiger partial charge in [-0.1, -0.05) is 36.4 Å². The fourth-order valence-electron chi connectivity index (χ4n) is 2.53. The molecule has 0 aliphatic rings. The van der Waals surface area contributed by atoms with Crippen LogP contribution in [0.5, 0.6) is 5.75 Å². The van der Waals surface area contributed by atoms with Crippen molar-refractivity contribution < 1.29 is 14.3 Å². The molecule has 134 valence electrons. The summed E-state index contributed by atoms with van der Waals surface area (Å²) in [6, 6.07) is 23.5. The van der Waals surface area contributed by atoms with Crippen molar-refractivity contribution in [1.82, 2.24) is 4.98 Å². The molecule has 0 amide bonds. The van der Waals surface area contributed by atoms with Crippen LogP contribution >= 0.6 is 0 Å². The van der Waals surface area contributed by atoms with Crippen LogP contribution in [-0.2, 0) is 9.53 Å². The third-order valence-electron chi connectivity index (χ3n) is 3.92. The van der Waals surface area contributed by atoms with E-state index >= 15 is 0 Å². The molecule has 0 saturated carbocycles. The van der Waals surface area contributed by atoms with Gasteiger partial charge in [0.15, 0.2) is 12.2 Å².